The molecule has 0 spiro atoms. The predicted octanol–water partition coefficient (Wildman–Crippen LogP) is 1.70. The van der Waals surface area contributed by atoms with Crippen LogP contribution in [0.25, 0.3) is 0 Å². The van der Waals surface area contributed by atoms with Crippen LogP contribution in [0.4, 0.5) is 0 Å². The Morgan fingerprint density at radius 2 is 1.92 bits per heavy atom. The third-order valence-corrected chi connectivity index (χ3v) is 5.15. The highest BCUT2D eigenvalue weighted by Gasteiger charge is 2.34. The summed E-state index contributed by atoms with van der Waals surface area (Å²) >= 11 is 0. The zero-order chi connectivity index (χ0) is 18.0. The van der Waals surface area contributed by atoms with E-state index >= 15 is 0 Å². The van der Waals surface area contributed by atoms with Gasteiger partial charge in [0.2, 0.25) is 11.8 Å². The van der Waals surface area contributed by atoms with Crippen molar-refractivity contribution in [2.75, 3.05) is 20.2 Å². The Labute approximate surface area is 147 Å². The zero-order valence-electron chi connectivity index (χ0n) is 14.7. The second-order valence-corrected chi connectivity index (χ2v) is 6.81. The first-order chi connectivity index (χ1) is 12.0. The number of likely N-dealkylation sites (tertiary alicyclic amines) is 1. The summed E-state index contributed by atoms with van der Waals surface area (Å²) in [5.41, 5.74) is 1.64. The summed E-state index contributed by atoms with van der Waals surface area (Å²) in [5.74, 6) is 0.771. The van der Waals surface area contributed by atoms with Crippen molar-refractivity contribution in [3.63, 3.8) is 0 Å². The lowest BCUT2D eigenvalue weighted by atomic mass is 9.88. The number of hydrogen-bond donors (Lipinski definition) is 1. The Morgan fingerprint density at radius 3 is 2.48 bits per heavy atom. The highest BCUT2D eigenvalue weighted by molar-refractivity contribution is 5.98. The minimum atomic E-state index is -0.385. The number of ether oxygens (including phenoxy) is 1. The van der Waals surface area contributed by atoms with Crippen LogP contribution >= 0.6 is 0 Å². The SMILES string of the molecule is COc1ccc(C(=O)C2CCN(C(=O)C3CCC(=O)N3)CC2)cc1C. The van der Waals surface area contributed by atoms with Crippen LogP contribution < -0.4 is 10.1 Å². The van der Waals surface area contributed by atoms with Crippen molar-refractivity contribution in [2.45, 2.75) is 38.6 Å². The summed E-state index contributed by atoms with van der Waals surface area (Å²) < 4.78 is 5.24. The first-order valence-electron chi connectivity index (χ1n) is 8.76. The van der Waals surface area contributed by atoms with E-state index in [1.54, 1.807) is 18.1 Å². The summed E-state index contributed by atoms with van der Waals surface area (Å²) in [6.45, 7) is 3.06. The first kappa shape index (κ1) is 17.5. The number of amides is 2. The molecule has 0 saturated carbocycles. The molecule has 1 aromatic rings. The minimum Gasteiger partial charge on any atom is -0.496 e. The van der Waals surface area contributed by atoms with Crippen molar-refractivity contribution in [1.82, 2.24) is 10.2 Å². The molecule has 1 aromatic carbocycles. The van der Waals surface area contributed by atoms with Gasteiger partial charge in [-0.3, -0.25) is 14.4 Å². The maximum Gasteiger partial charge on any atom is 0.245 e. The van der Waals surface area contributed by atoms with Crippen LogP contribution in [-0.2, 0) is 9.59 Å². The molecule has 1 N–H and O–H groups in total. The molecule has 2 fully saturated rings. The Balaban J connectivity index is 1.58. The van der Waals surface area contributed by atoms with E-state index < -0.39 is 0 Å². The second-order valence-electron chi connectivity index (χ2n) is 6.81. The first-order valence-corrected chi connectivity index (χ1v) is 8.76. The number of methoxy groups -OCH3 is 1. The van der Waals surface area contributed by atoms with Gasteiger partial charge in [0.15, 0.2) is 5.78 Å². The summed E-state index contributed by atoms with van der Waals surface area (Å²) in [5, 5.41) is 2.72. The average molecular weight is 344 g/mol. The molecule has 2 aliphatic rings. The van der Waals surface area contributed by atoms with E-state index in [1.807, 2.05) is 19.1 Å². The number of carbonyl (C=O) groups excluding carboxylic acids is 3. The van der Waals surface area contributed by atoms with Crippen molar-refractivity contribution in [1.29, 1.82) is 0 Å². The van der Waals surface area contributed by atoms with Gasteiger partial charge >= 0.3 is 0 Å². The Kier molecular flexibility index (Phi) is 5.06. The van der Waals surface area contributed by atoms with E-state index in [0.717, 1.165) is 11.3 Å². The van der Waals surface area contributed by atoms with Gasteiger partial charge in [-0.05, 0) is 49.9 Å². The second kappa shape index (κ2) is 7.25. The molecule has 134 valence electrons. The number of carbonyl (C=O) groups is 3. The smallest absolute Gasteiger partial charge is 0.245 e. The van der Waals surface area contributed by atoms with E-state index in [1.165, 1.54) is 0 Å². The molecule has 0 aliphatic carbocycles. The molecule has 0 bridgehead atoms. The van der Waals surface area contributed by atoms with Crippen molar-refractivity contribution in [3.8, 4) is 5.75 Å². The Hall–Kier alpha value is -2.37. The highest BCUT2D eigenvalue weighted by Crippen LogP contribution is 2.26. The van der Waals surface area contributed by atoms with Crippen LogP contribution in [0.3, 0.4) is 0 Å². The van der Waals surface area contributed by atoms with Crippen LogP contribution in [0, 0.1) is 12.8 Å². The number of nitrogens with zero attached hydrogens (tertiary/aromatic N) is 1. The number of rotatable bonds is 4. The van der Waals surface area contributed by atoms with Crippen LogP contribution in [0.2, 0.25) is 0 Å². The summed E-state index contributed by atoms with van der Waals surface area (Å²) in [6.07, 6.45) is 2.32. The van der Waals surface area contributed by atoms with Gasteiger partial charge in [0.1, 0.15) is 11.8 Å². The summed E-state index contributed by atoms with van der Waals surface area (Å²) in [6, 6.07) is 5.11. The maximum atomic E-state index is 12.7. The summed E-state index contributed by atoms with van der Waals surface area (Å²) in [7, 11) is 1.61. The molecule has 2 aliphatic heterocycles. The number of hydrogen-bond acceptors (Lipinski definition) is 4. The average Bonchev–Trinajstić information content (AvgIpc) is 3.07. The zero-order valence-corrected chi connectivity index (χ0v) is 14.7. The lowest BCUT2D eigenvalue weighted by molar-refractivity contribution is -0.135. The number of aryl methyl sites for hydroxylation is 1. The quantitative estimate of drug-likeness (QED) is 0.844. The van der Waals surface area contributed by atoms with Crippen molar-refractivity contribution >= 4 is 17.6 Å². The maximum absolute atomic E-state index is 12.7. The summed E-state index contributed by atoms with van der Waals surface area (Å²) in [4.78, 5) is 38.2. The fourth-order valence-corrected chi connectivity index (χ4v) is 3.65. The molecule has 3 rings (SSSR count). The molecule has 0 radical (unpaired) electrons. The number of benzene rings is 1. The van der Waals surface area contributed by atoms with Crippen LogP contribution in [0.15, 0.2) is 18.2 Å². The highest BCUT2D eigenvalue weighted by atomic mass is 16.5. The Morgan fingerprint density at radius 1 is 1.20 bits per heavy atom. The number of piperidine rings is 1. The van der Waals surface area contributed by atoms with E-state index in [9.17, 15) is 14.4 Å². The number of nitrogens with one attached hydrogen (secondary N) is 1. The van der Waals surface area contributed by atoms with E-state index in [0.29, 0.717) is 44.3 Å². The third kappa shape index (κ3) is 3.67. The third-order valence-electron chi connectivity index (χ3n) is 5.15. The van der Waals surface area contributed by atoms with Crippen LogP contribution in [0.1, 0.15) is 41.6 Å². The van der Waals surface area contributed by atoms with Gasteiger partial charge in [-0.2, -0.15) is 0 Å². The molecule has 1 atom stereocenters. The topological polar surface area (TPSA) is 75.7 Å². The van der Waals surface area contributed by atoms with Gasteiger partial charge in [0.05, 0.1) is 7.11 Å². The Bertz CT molecular complexity index is 693. The molecule has 6 nitrogen and oxygen atoms in total. The van der Waals surface area contributed by atoms with Gasteiger partial charge in [-0.15, -0.1) is 0 Å². The fraction of sp³-hybridized carbons (Fsp3) is 0.526. The monoisotopic (exact) mass is 344 g/mol. The predicted molar refractivity (Wildman–Crippen MR) is 92.5 cm³/mol. The minimum absolute atomic E-state index is 0.0166. The van der Waals surface area contributed by atoms with Crippen LogP contribution in [0.5, 0.6) is 5.75 Å². The van der Waals surface area contributed by atoms with Gasteiger partial charge < -0.3 is 15.0 Å². The van der Waals surface area contributed by atoms with Crippen molar-refractivity contribution < 1.29 is 19.1 Å². The lowest BCUT2D eigenvalue weighted by Crippen LogP contribution is -2.48. The van der Waals surface area contributed by atoms with Gasteiger partial charge in [-0.1, -0.05) is 0 Å². The molecule has 1 unspecified atom stereocenters. The van der Waals surface area contributed by atoms with E-state index in [-0.39, 0.29) is 29.6 Å². The number of ketones is 1. The molecule has 0 aromatic heterocycles. The molecule has 2 amide bonds. The lowest BCUT2D eigenvalue weighted by Gasteiger charge is -2.33. The van der Waals surface area contributed by atoms with Gasteiger partial charge in [-0.25, -0.2) is 0 Å². The van der Waals surface area contributed by atoms with Crippen molar-refractivity contribution in [3.05, 3.63) is 29.3 Å². The molecule has 25 heavy (non-hydrogen) atoms. The molecular weight excluding hydrogens is 320 g/mol. The molecule has 2 heterocycles. The largest absolute Gasteiger partial charge is 0.496 e. The van der Waals surface area contributed by atoms with Crippen LogP contribution in [-0.4, -0.2) is 48.7 Å². The molecule has 6 heteroatoms. The normalized spacial score (nSPS) is 21.1. The molecular formula is C19H24N2O4. The number of Topliss-reactive ketones (excluding diaryl/α,β-unsaturated/α-hetero) is 1. The molecule has 2 saturated heterocycles. The standard InChI is InChI=1S/C19H24N2O4/c1-12-11-14(3-5-16(12)25-2)18(23)13-7-9-21(10-8-13)19(24)15-4-6-17(22)20-15/h3,5,11,13,15H,4,6-10H2,1-2H3,(H,20,22). The van der Waals surface area contributed by atoms with Gasteiger partial charge in [0.25, 0.3) is 0 Å². The van der Waals surface area contributed by atoms with Gasteiger partial charge in [0, 0.05) is 31.0 Å². The van der Waals surface area contributed by atoms with E-state index in [4.69, 9.17) is 4.74 Å². The van der Waals surface area contributed by atoms with Crippen molar-refractivity contribution in [2.24, 2.45) is 5.92 Å². The van der Waals surface area contributed by atoms with E-state index in [2.05, 4.69) is 5.32 Å². The fourth-order valence-electron chi connectivity index (χ4n) is 3.65.